The van der Waals surface area contributed by atoms with Crippen molar-refractivity contribution < 1.29 is 23.2 Å². The minimum Gasteiger partial charge on any atom is -0.484 e. The summed E-state index contributed by atoms with van der Waals surface area (Å²) < 4.78 is 41.5. The Morgan fingerprint density at radius 2 is 1.55 bits per heavy atom. The Labute approximate surface area is 204 Å². The van der Waals surface area contributed by atoms with Crippen molar-refractivity contribution in [3.05, 3.63) is 71.4 Å². The molecular weight excluding hydrogens is 636 g/mol. The summed E-state index contributed by atoms with van der Waals surface area (Å²) in [6.45, 7) is 0.195. The van der Waals surface area contributed by atoms with E-state index in [9.17, 15) is 18.9 Å². The second kappa shape index (κ2) is 10.0. The van der Waals surface area contributed by atoms with Crippen molar-refractivity contribution in [2.24, 2.45) is 0 Å². The maximum Gasteiger partial charge on any atom is 0.334 e. The van der Waals surface area contributed by atoms with E-state index >= 15 is 0 Å². The second-order valence-electron chi connectivity index (χ2n) is 6.41. The maximum absolute atomic E-state index is 14.9. The summed E-state index contributed by atoms with van der Waals surface area (Å²) in [4.78, 5) is 11.1. The third-order valence-electron chi connectivity index (χ3n) is 4.45. The van der Waals surface area contributed by atoms with Crippen LogP contribution in [0.3, 0.4) is 0 Å². The Morgan fingerprint density at radius 3 is 2.06 bits per heavy atom. The summed E-state index contributed by atoms with van der Waals surface area (Å²) >= 11 is 3.92. The van der Waals surface area contributed by atoms with Gasteiger partial charge in [-0.3, -0.25) is 10.1 Å². The molecule has 0 aliphatic rings. The molecule has 2 N–H and O–H groups in total. The minimum atomic E-state index is -0.695. The highest BCUT2D eigenvalue weighted by molar-refractivity contribution is 14.1. The van der Waals surface area contributed by atoms with E-state index in [0.717, 1.165) is 0 Å². The third kappa shape index (κ3) is 5.06. The molecule has 0 bridgehead atoms. The number of nitrogens with zero attached hydrogens (tertiary/aromatic N) is 1. The first-order valence-electron chi connectivity index (χ1n) is 8.88. The molecule has 6 nitrogen and oxygen atoms in total. The van der Waals surface area contributed by atoms with Crippen molar-refractivity contribution in [2.45, 2.75) is 0 Å². The lowest BCUT2D eigenvalue weighted by molar-refractivity contribution is -0.384. The molecule has 0 unspecified atom stereocenters. The summed E-state index contributed by atoms with van der Waals surface area (Å²) in [5, 5.41) is 11.8. The lowest BCUT2D eigenvalue weighted by Crippen LogP contribution is -2.09. The van der Waals surface area contributed by atoms with Gasteiger partial charge in [-0.2, -0.15) is 0 Å². The molecular formula is C21H16F2I2N2O4. The smallest absolute Gasteiger partial charge is 0.334 e. The molecule has 0 atom stereocenters. The molecule has 10 heteroatoms. The van der Waals surface area contributed by atoms with Crippen molar-refractivity contribution in [1.82, 2.24) is 0 Å². The Hall–Kier alpha value is -2.06. The molecule has 0 radical (unpaired) electrons. The molecule has 3 aromatic rings. The van der Waals surface area contributed by atoms with Crippen LogP contribution in [0.15, 0.2) is 42.5 Å². The van der Waals surface area contributed by atoms with Gasteiger partial charge >= 0.3 is 5.69 Å². The van der Waals surface area contributed by atoms with Crippen LogP contribution in [0.4, 0.5) is 20.2 Å². The lowest BCUT2D eigenvalue weighted by atomic mass is 9.91. The van der Waals surface area contributed by atoms with E-state index < -0.39 is 22.2 Å². The zero-order chi connectivity index (χ0) is 22.7. The van der Waals surface area contributed by atoms with E-state index in [4.69, 9.17) is 15.2 Å². The van der Waals surface area contributed by atoms with Crippen LogP contribution in [0.5, 0.6) is 5.75 Å². The van der Waals surface area contributed by atoms with E-state index in [1.54, 1.807) is 12.1 Å². The number of halogens is 4. The van der Waals surface area contributed by atoms with Gasteiger partial charge < -0.3 is 15.2 Å². The minimum absolute atomic E-state index is 0.0165. The average Bonchev–Trinajstić information content (AvgIpc) is 2.68. The molecule has 3 rings (SSSR count). The number of nitro benzene ring substituents is 1. The summed E-state index contributed by atoms with van der Waals surface area (Å²) in [5.74, 6) is -1.36. The van der Waals surface area contributed by atoms with Gasteiger partial charge in [0.15, 0.2) is 5.75 Å². The first-order valence-corrected chi connectivity index (χ1v) is 11.0. The highest BCUT2D eigenvalue weighted by Gasteiger charge is 2.29. The highest BCUT2D eigenvalue weighted by atomic mass is 127. The molecule has 0 amide bonds. The Bertz CT molecular complexity index is 1160. The molecule has 162 valence electrons. The van der Waals surface area contributed by atoms with Crippen molar-refractivity contribution in [2.75, 3.05) is 26.1 Å². The van der Waals surface area contributed by atoms with Crippen LogP contribution in [0.25, 0.3) is 22.3 Å². The van der Waals surface area contributed by atoms with Crippen LogP contribution in [0.1, 0.15) is 0 Å². The van der Waals surface area contributed by atoms with E-state index in [0.29, 0.717) is 7.14 Å². The monoisotopic (exact) mass is 652 g/mol. The zero-order valence-corrected chi connectivity index (χ0v) is 20.4. The topological polar surface area (TPSA) is 87.6 Å². The van der Waals surface area contributed by atoms with Gasteiger partial charge in [0.05, 0.1) is 11.5 Å². The fourth-order valence-corrected chi connectivity index (χ4v) is 4.01. The van der Waals surface area contributed by atoms with E-state index in [2.05, 4.69) is 0 Å². The number of anilines is 1. The van der Waals surface area contributed by atoms with Gasteiger partial charge in [-0.05, 0) is 81.1 Å². The summed E-state index contributed by atoms with van der Waals surface area (Å²) in [6, 6.07) is 10.2. The summed E-state index contributed by atoms with van der Waals surface area (Å²) in [7, 11) is 1.46. The zero-order valence-electron chi connectivity index (χ0n) is 16.1. The number of hydrogen-bond acceptors (Lipinski definition) is 5. The number of nitrogens with two attached hydrogens (primary N) is 1. The number of methoxy groups -OCH3 is 1. The van der Waals surface area contributed by atoms with Gasteiger partial charge in [0.1, 0.15) is 23.9 Å². The van der Waals surface area contributed by atoms with Crippen LogP contribution in [0.2, 0.25) is 0 Å². The fraction of sp³-hybridized carbons (Fsp3) is 0.143. The Kier molecular flexibility index (Phi) is 7.64. The predicted molar refractivity (Wildman–Crippen MR) is 131 cm³/mol. The van der Waals surface area contributed by atoms with Gasteiger partial charge in [-0.25, -0.2) is 8.78 Å². The molecule has 0 aromatic heterocycles. The number of ether oxygens (including phenoxy) is 2. The molecule has 3 aromatic carbocycles. The first kappa shape index (κ1) is 23.6. The number of rotatable bonds is 7. The predicted octanol–water partition coefficient (Wildman–Crippen LogP) is 6.02. The summed E-state index contributed by atoms with van der Waals surface area (Å²) in [6.07, 6.45) is 0. The van der Waals surface area contributed by atoms with Crippen LogP contribution >= 0.6 is 45.2 Å². The van der Waals surface area contributed by atoms with Gasteiger partial charge in [-0.1, -0.05) is 12.1 Å². The highest BCUT2D eigenvalue weighted by Crippen LogP contribution is 2.48. The van der Waals surface area contributed by atoms with Gasteiger partial charge in [0.25, 0.3) is 0 Å². The van der Waals surface area contributed by atoms with Crippen LogP contribution in [-0.4, -0.2) is 25.2 Å². The van der Waals surface area contributed by atoms with Crippen molar-refractivity contribution in [3.63, 3.8) is 0 Å². The molecule has 0 aliphatic heterocycles. The SMILES string of the molecule is COCCOc1cc(-c2ccc(I)cc2F)c(-c2ccc(I)cc2F)c(N)c1[N+](=O)[O-]. The third-order valence-corrected chi connectivity index (χ3v) is 5.79. The number of nitrogen functional groups attached to an aromatic ring is 1. The molecule has 0 aliphatic carbocycles. The quantitative estimate of drug-likeness (QED) is 0.111. The Balaban J connectivity index is 2.38. The standard InChI is InChI=1S/C21H16F2I2N2O4/c1-30-6-7-31-18-10-15(13-4-2-11(24)8-16(13)22)19(20(26)21(18)27(28)29)14-5-3-12(25)9-17(14)23/h2-5,8-10H,6-7,26H2,1H3. The Morgan fingerprint density at radius 1 is 0.968 bits per heavy atom. The number of hydrogen-bond donors (Lipinski definition) is 1. The molecule has 0 spiro atoms. The van der Waals surface area contributed by atoms with E-state index in [1.165, 1.54) is 37.4 Å². The summed E-state index contributed by atoms with van der Waals surface area (Å²) in [5.41, 5.74) is 5.73. The average molecular weight is 652 g/mol. The largest absolute Gasteiger partial charge is 0.484 e. The van der Waals surface area contributed by atoms with Crippen molar-refractivity contribution in [1.29, 1.82) is 0 Å². The van der Waals surface area contributed by atoms with Crippen LogP contribution in [0, 0.1) is 28.9 Å². The van der Waals surface area contributed by atoms with Gasteiger partial charge in [-0.15, -0.1) is 0 Å². The number of nitro groups is 1. The first-order chi connectivity index (χ1) is 14.7. The van der Waals surface area contributed by atoms with Crippen molar-refractivity contribution in [3.8, 4) is 28.0 Å². The molecule has 0 saturated carbocycles. The lowest BCUT2D eigenvalue weighted by Gasteiger charge is -2.18. The molecule has 31 heavy (non-hydrogen) atoms. The number of benzene rings is 3. The van der Waals surface area contributed by atoms with Crippen molar-refractivity contribution >= 4 is 56.6 Å². The van der Waals surface area contributed by atoms with Crippen LogP contribution < -0.4 is 10.5 Å². The molecule has 0 saturated heterocycles. The van der Waals surface area contributed by atoms with E-state index in [1.807, 2.05) is 45.2 Å². The maximum atomic E-state index is 14.9. The van der Waals surface area contributed by atoms with Gasteiger partial charge in [0, 0.05) is 30.9 Å². The normalized spacial score (nSPS) is 10.9. The van der Waals surface area contributed by atoms with Crippen LogP contribution in [-0.2, 0) is 4.74 Å². The second-order valence-corrected chi connectivity index (χ2v) is 8.90. The molecule has 0 fully saturated rings. The fourth-order valence-electron chi connectivity index (χ4n) is 3.10. The van der Waals surface area contributed by atoms with E-state index in [-0.39, 0.29) is 46.9 Å². The van der Waals surface area contributed by atoms with Gasteiger partial charge in [0.2, 0.25) is 0 Å². The molecule has 0 heterocycles.